The number of halogens is 5. The lowest BCUT2D eigenvalue weighted by atomic mass is 10.0. The Morgan fingerprint density at radius 2 is 1.76 bits per heavy atom. The molecule has 0 unspecified atom stereocenters. The average Bonchev–Trinajstić information content (AvgIpc) is 2.86. The molecule has 1 aromatic heterocycles. The molecule has 1 aliphatic heterocycles. The van der Waals surface area contributed by atoms with E-state index in [9.17, 15) is 26.7 Å². The van der Waals surface area contributed by atoms with Crippen molar-refractivity contribution in [2.24, 2.45) is 0 Å². The summed E-state index contributed by atoms with van der Waals surface area (Å²) in [6.07, 6.45) is -5.10. The SMILES string of the molecule is Cc1cc2n(n1)[C@@H](C)C[C@@H](C(F)(F)F)N2C(=O)c1cc(F)cc(F)c1. The predicted octanol–water partition coefficient (Wildman–Crippen LogP) is 4.01. The zero-order valence-corrected chi connectivity index (χ0v) is 13.3. The number of carbonyl (C=O) groups excluding carboxylic acids is 1. The van der Waals surface area contributed by atoms with Crippen molar-refractivity contribution in [3.05, 3.63) is 47.2 Å². The Morgan fingerprint density at radius 1 is 1.16 bits per heavy atom. The molecular formula is C16H14F5N3O. The molecule has 0 saturated carbocycles. The van der Waals surface area contributed by atoms with Gasteiger partial charge in [-0.15, -0.1) is 0 Å². The lowest BCUT2D eigenvalue weighted by Crippen LogP contribution is -2.53. The molecule has 0 aliphatic carbocycles. The summed E-state index contributed by atoms with van der Waals surface area (Å²) < 4.78 is 68.7. The van der Waals surface area contributed by atoms with E-state index in [4.69, 9.17) is 0 Å². The van der Waals surface area contributed by atoms with Crippen molar-refractivity contribution < 1.29 is 26.7 Å². The number of carbonyl (C=O) groups is 1. The molecule has 2 heterocycles. The van der Waals surface area contributed by atoms with Crippen molar-refractivity contribution in [1.29, 1.82) is 0 Å². The van der Waals surface area contributed by atoms with Crippen molar-refractivity contribution in [1.82, 2.24) is 9.78 Å². The normalized spacial score (nSPS) is 20.5. The number of nitrogens with zero attached hydrogens (tertiary/aromatic N) is 3. The van der Waals surface area contributed by atoms with Crippen LogP contribution in [0.4, 0.5) is 27.8 Å². The maximum absolute atomic E-state index is 13.5. The van der Waals surface area contributed by atoms with E-state index >= 15 is 0 Å². The molecule has 0 fully saturated rings. The van der Waals surface area contributed by atoms with Gasteiger partial charge in [0.1, 0.15) is 23.5 Å². The van der Waals surface area contributed by atoms with E-state index in [1.165, 1.54) is 10.7 Å². The van der Waals surface area contributed by atoms with Gasteiger partial charge in [0.2, 0.25) is 0 Å². The summed E-state index contributed by atoms with van der Waals surface area (Å²) in [6.45, 7) is 3.16. The van der Waals surface area contributed by atoms with Crippen LogP contribution in [0.15, 0.2) is 24.3 Å². The summed E-state index contributed by atoms with van der Waals surface area (Å²) in [5, 5.41) is 4.12. The minimum absolute atomic E-state index is 0.0479. The zero-order chi connectivity index (χ0) is 18.5. The Bertz CT molecular complexity index is 809. The third-order valence-electron chi connectivity index (χ3n) is 4.08. The predicted molar refractivity (Wildman–Crippen MR) is 79.3 cm³/mol. The fourth-order valence-electron chi connectivity index (χ4n) is 3.04. The smallest absolute Gasteiger partial charge is 0.280 e. The summed E-state index contributed by atoms with van der Waals surface area (Å²) in [6, 6.07) is 0.634. The van der Waals surface area contributed by atoms with Gasteiger partial charge in [-0.05, 0) is 32.4 Å². The fourth-order valence-corrected chi connectivity index (χ4v) is 3.04. The monoisotopic (exact) mass is 359 g/mol. The van der Waals surface area contributed by atoms with Crippen molar-refractivity contribution in [2.45, 2.75) is 38.5 Å². The lowest BCUT2D eigenvalue weighted by molar-refractivity contribution is -0.152. The van der Waals surface area contributed by atoms with E-state index < -0.39 is 47.8 Å². The molecule has 0 N–H and O–H groups in total. The Kier molecular flexibility index (Phi) is 4.04. The minimum atomic E-state index is -4.70. The second-order valence-electron chi connectivity index (χ2n) is 6.06. The first kappa shape index (κ1) is 17.4. The molecule has 9 heteroatoms. The molecule has 2 aromatic rings. The molecule has 1 aliphatic rings. The van der Waals surface area contributed by atoms with Crippen molar-refractivity contribution in [3.63, 3.8) is 0 Å². The number of alkyl halides is 3. The van der Waals surface area contributed by atoms with E-state index in [0.29, 0.717) is 28.8 Å². The van der Waals surface area contributed by atoms with Crippen LogP contribution in [0.2, 0.25) is 0 Å². The third-order valence-corrected chi connectivity index (χ3v) is 4.08. The van der Waals surface area contributed by atoms with Crippen LogP contribution in [-0.4, -0.2) is 27.9 Å². The number of hydrogen-bond acceptors (Lipinski definition) is 2. The van der Waals surface area contributed by atoms with E-state index in [1.54, 1.807) is 13.8 Å². The van der Waals surface area contributed by atoms with Gasteiger partial charge < -0.3 is 0 Å². The highest BCUT2D eigenvalue weighted by atomic mass is 19.4. The number of benzene rings is 1. The standard InChI is InChI=1S/C16H14F5N3O/c1-8-3-14-23(15(25)10-5-11(17)7-12(18)6-10)13(16(19,20)21)4-9(2)24(14)22-8/h3,5-7,9,13H,4H2,1-2H3/t9-,13-/m0/s1. The molecule has 25 heavy (non-hydrogen) atoms. The first-order chi connectivity index (χ1) is 11.6. The van der Waals surface area contributed by atoms with Gasteiger partial charge in [0.05, 0.1) is 11.7 Å². The summed E-state index contributed by atoms with van der Waals surface area (Å²) in [7, 11) is 0. The molecule has 0 bridgehead atoms. The maximum Gasteiger partial charge on any atom is 0.409 e. The Hall–Kier alpha value is -2.45. The molecule has 0 saturated heterocycles. The van der Waals surface area contributed by atoms with Crippen LogP contribution < -0.4 is 4.90 Å². The summed E-state index contributed by atoms with van der Waals surface area (Å²) in [5.74, 6) is -3.26. The average molecular weight is 359 g/mol. The van der Waals surface area contributed by atoms with Gasteiger partial charge in [0.25, 0.3) is 5.91 Å². The number of amides is 1. The molecule has 3 rings (SSSR count). The van der Waals surface area contributed by atoms with E-state index in [1.807, 2.05) is 0 Å². The second-order valence-corrected chi connectivity index (χ2v) is 6.06. The molecular weight excluding hydrogens is 345 g/mol. The van der Waals surface area contributed by atoms with Crippen molar-refractivity contribution >= 4 is 11.7 Å². The first-order valence-corrected chi connectivity index (χ1v) is 7.50. The minimum Gasteiger partial charge on any atom is -0.280 e. The van der Waals surface area contributed by atoms with Gasteiger partial charge in [0.15, 0.2) is 0 Å². The van der Waals surface area contributed by atoms with E-state index in [0.717, 1.165) is 0 Å². The summed E-state index contributed by atoms with van der Waals surface area (Å²) in [5.41, 5.74) is -0.0559. The number of rotatable bonds is 1. The lowest BCUT2D eigenvalue weighted by Gasteiger charge is -2.39. The van der Waals surface area contributed by atoms with Gasteiger partial charge in [-0.1, -0.05) is 0 Å². The number of aromatic nitrogens is 2. The Labute approximate surface area is 139 Å². The van der Waals surface area contributed by atoms with Crippen LogP contribution in [0.3, 0.4) is 0 Å². The van der Waals surface area contributed by atoms with Gasteiger partial charge in [-0.3, -0.25) is 9.69 Å². The van der Waals surface area contributed by atoms with E-state index in [2.05, 4.69) is 5.10 Å². The number of anilines is 1. The fraction of sp³-hybridized carbons (Fsp3) is 0.375. The van der Waals surface area contributed by atoms with Gasteiger partial charge in [-0.2, -0.15) is 18.3 Å². The van der Waals surface area contributed by atoms with Crippen molar-refractivity contribution in [3.8, 4) is 0 Å². The van der Waals surface area contributed by atoms with Crippen LogP contribution in [0.5, 0.6) is 0 Å². The highest BCUT2D eigenvalue weighted by Crippen LogP contribution is 2.40. The van der Waals surface area contributed by atoms with E-state index in [-0.39, 0.29) is 5.82 Å². The maximum atomic E-state index is 13.5. The quantitative estimate of drug-likeness (QED) is 0.722. The molecule has 4 nitrogen and oxygen atoms in total. The molecule has 1 aromatic carbocycles. The molecule has 2 atom stereocenters. The van der Waals surface area contributed by atoms with Crippen LogP contribution in [-0.2, 0) is 0 Å². The molecule has 134 valence electrons. The topological polar surface area (TPSA) is 38.1 Å². The van der Waals surface area contributed by atoms with Crippen LogP contribution in [0.1, 0.15) is 35.4 Å². The van der Waals surface area contributed by atoms with Crippen LogP contribution in [0, 0.1) is 18.6 Å². The summed E-state index contributed by atoms with van der Waals surface area (Å²) in [4.78, 5) is 13.2. The van der Waals surface area contributed by atoms with Crippen molar-refractivity contribution in [2.75, 3.05) is 4.90 Å². The number of hydrogen-bond donors (Lipinski definition) is 0. The first-order valence-electron chi connectivity index (χ1n) is 7.50. The highest BCUT2D eigenvalue weighted by Gasteiger charge is 2.50. The van der Waals surface area contributed by atoms with Gasteiger partial charge in [0, 0.05) is 17.7 Å². The van der Waals surface area contributed by atoms with Gasteiger partial charge in [-0.25, -0.2) is 13.5 Å². The zero-order valence-electron chi connectivity index (χ0n) is 13.3. The van der Waals surface area contributed by atoms with Crippen LogP contribution >= 0.6 is 0 Å². The Morgan fingerprint density at radius 3 is 2.32 bits per heavy atom. The van der Waals surface area contributed by atoms with Crippen LogP contribution in [0.25, 0.3) is 0 Å². The summed E-state index contributed by atoms with van der Waals surface area (Å²) >= 11 is 0. The largest absolute Gasteiger partial charge is 0.409 e. The highest BCUT2D eigenvalue weighted by molar-refractivity contribution is 6.06. The second kappa shape index (κ2) is 5.82. The molecule has 1 amide bonds. The molecule has 0 radical (unpaired) electrons. The number of fused-ring (bicyclic) bond motifs is 1. The molecule has 0 spiro atoms. The Balaban J connectivity index is 2.14. The third kappa shape index (κ3) is 3.10. The van der Waals surface area contributed by atoms with Gasteiger partial charge >= 0.3 is 6.18 Å². The number of aryl methyl sites for hydroxylation is 1.